The first-order chi connectivity index (χ1) is 8.59. The molecule has 0 N–H and O–H groups in total. The van der Waals surface area contributed by atoms with E-state index in [0.717, 1.165) is 5.56 Å². The number of Topliss-reactive ketones (excluding diaryl/α,β-unsaturated/α-hetero) is 1. The van der Waals surface area contributed by atoms with Gasteiger partial charge in [0.15, 0.2) is 5.78 Å². The summed E-state index contributed by atoms with van der Waals surface area (Å²) in [5, 5.41) is 0. The van der Waals surface area contributed by atoms with Crippen LogP contribution >= 0.6 is 0 Å². The van der Waals surface area contributed by atoms with E-state index in [4.69, 9.17) is 0 Å². The van der Waals surface area contributed by atoms with Crippen LogP contribution in [0.15, 0.2) is 54.4 Å². The molecule has 1 amide bonds. The second-order valence-corrected chi connectivity index (χ2v) is 4.30. The van der Waals surface area contributed by atoms with E-state index in [0.29, 0.717) is 5.57 Å². The number of benzene rings is 1. The van der Waals surface area contributed by atoms with Crippen molar-refractivity contribution >= 4 is 11.7 Å². The first kappa shape index (κ1) is 12.3. The maximum Gasteiger partial charge on any atom is 0.227 e. The van der Waals surface area contributed by atoms with Gasteiger partial charge in [-0.25, -0.2) is 0 Å². The number of allylic oxidation sites excluding steroid dienone is 2. The summed E-state index contributed by atoms with van der Waals surface area (Å²) in [6.07, 6.45) is 5.22. The predicted molar refractivity (Wildman–Crippen MR) is 69.6 cm³/mol. The molecule has 2 rings (SSSR count). The van der Waals surface area contributed by atoms with E-state index in [2.05, 4.69) is 0 Å². The Morgan fingerprint density at radius 3 is 2.33 bits per heavy atom. The molecular weight excluding hydrogens is 226 g/mol. The lowest BCUT2D eigenvalue weighted by molar-refractivity contribution is -0.124. The van der Waals surface area contributed by atoms with E-state index >= 15 is 0 Å². The highest BCUT2D eigenvalue weighted by molar-refractivity contribution is 5.96. The van der Waals surface area contributed by atoms with Gasteiger partial charge < -0.3 is 0 Å². The minimum Gasteiger partial charge on any atom is -0.295 e. The number of carbonyl (C=O) groups excluding carboxylic acids is 2. The van der Waals surface area contributed by atoms with Crippen LogP contribution in [0.25, 0.3) is 0 Å². The van der Waals surface area contributed by atoms with Crippen molar-refractivity contribution in [3.8, 4) is 0 Å². The van der Waals surface area contributed by atoms with Crippen molar-refractivity contribution < 1.29 is 9.59 Å². The van der Waals surface area contributed by atoms with Crippen molar-refractivity contribution in [2.24, 2.45) is 0 Å². The SMILES string of the molecule is CC(=O)C1=CN(C(C)=O)C=C[C@H]1c1ccccc1. The molecule has 0 fully saturated rings. The molecule has 1 aromatic carbocycles. The molecule has 18 heavy (non-hydrogen) atoms. The highest BCUT2D eigenvalue weighted by Crippen LogP contribution is 2.30. The zero-order valence-electron chi connectivity index (χ0n) is 10.5. The van der Waals surface area contributed by atoms with Crippen LogP contribution in [-0.4, -0.2) is 16.6 Å². The molecule has 0 saturated carbocycles. The summed E-state index contributed by atoms with van der Waals surface area (Å²) in [7, 11) is 0. The monoisotopic (exact) mass is 241 g/mol. The van der Waals surface area contributed by atoms with Gasteiger partial charge in [0.05, 0.1) is 0 Å². The minimum absolute atomic E-state index is 0.0144. The van der Waals surface area contributed by atoms with Gasteiger partial charge in [-0.3, -0.25) is 14.5 Å². The summed E-state index contributed by atoms with van der Waals surface area (Å²) in [6.45, 7) is 3.00. The van der Waals surface area contributed by atoms with Gasteiger partial charge in [0, 0.05) is 30.8 Å². The zero-order chi connectivity index (χ0) is 13.1. The van der Waals surface area contributed by atoms with Crippen molar-refractivity contribution in [3.63, 3.8) is 0 Å². The van der Waals surface area contributed by atoms with Crippen LogP contribution in [0.1, 0.15) is 25.3 Å². The summed E-state index contributed by atoms with van der Waals surface area (Å²) < 4.78 is 0. The minimum atomic E-state index is -0.100. The highest BCUT2D eigenvalue weighted by atomic mass is 16.2. The molecule has 1 heterocycles. The summed E-state index contributed by atoms with van der Waals surface area (Å²) in [4.78, 5) is 24.5. The fraction of sp³-hybridized carbons (Fsp3) is 0.200. The number of rotatable bonds is 2. The average molecular weight is 241 g/mol. The average Bonchev–Trinajstić information content (AvgIpc) is 2.39. The maximum absolute atomic E-state index is 11.7. The van der Waals surface area contributed by atoms with E-state index in [1.165, 1.54) is 18.7 Å². The van der Waals surface area contributed by atoms with Crippen molar-refractivity contribution in [2.75, 3.05) is 0 Å². The molecule has 0 radical (unpaired) electrons. The number of hydrogen-bond acceptors (Lipinski definition) is 2. The van der Waals surface area contributed by atoms with Gasteiger partial charge in [0.25, 0.3) is 0 Å². The van der Waals surface area contributed by atoms with Crippen LogP contribution in [0, 0.1) is 0 Å². The third kappa shape index (κ3) is 2.40. The van der Waals surface area contributed by atoms with Crippen LogP contribution in [0.2, 0.25) is 0 Å². The van der Waals surface area contributed by atoms with Gasteiger partial charge >= 0.3 is 0 Å². The normalized spacial score (nSPS) is 18.4. The van der Waals surface area contributed by atoms with E-state index < -0.39 is 0 Å². The third-order valence-corrected chi connectivity index (χ3v) is 2.98. The topological polar surface area (TPSA) is 37.4 Å². The van der Waals surface area contributed by atoms with E-state index in [-0.39, 0.29) is 17.6 Å². The molecule has 0 aliphatic carbocycles. The summed E-state index contributed by atoms with van der Waals surface area (Å²) in [5.41, 5.74) is 1.69. The number of carbonyl (C=O) groups is 2. The number of amides is 1. The summed E-state index contributed by atoms with van der Waals surface area (Å²) >= 11 is 0. The molecule has 92 valence electrons. The standard InChI is InChI=1S/C15H15NO2/c1-11(17)15-10-16(12(2)18)9-8-14(15)13-6-4-3-5-7-13/h3-10,14H,1-2H3/t14-/m0/s1. The van der Waals surface area contributed by atoms with Gasteiger partial charge in [0.1, 0.15) is 0 Å². The second-order valence-electron chi connectivity index (χ2n) is 4.30. The highest BCUT2D eigenvalue weighted by Gasteiger charge is 2.22. The van der Waals surface area contributed by atoms with Gasteiger partial charge in [0.2, 0.25) is 5.91 Å². The first-order valence-electron chi connectivity index (χ1n) is 5.84. The molecule has 1 atom stereocenters. The molecule has 1 aromatic rings. The van der Waals surface area contributed by atoms with Gasteiger partial charge in [-0.1, -0.05) is 36.4 Å². The summed E-state index contributed by atoms with van der Waals surface area (Å²) in [6, 6.07) is 9.79. The number of hydrogen-bond donors (Lipinski definition) is 0. The van der Waals surface area contributed by atoms with Crippen molar-refractivity contribution in [1.82, 2.24) is 4.90 Å². The lowest BCUT2D eigenvalue weighted by Crippen LogP contribution is -2.23. The van der Waals surface area contributed by atoms with Crippen LogP contribution in [0.5, 0.6) is 0 Å². The molecule has 0 aromatic heterocycles. The zero-order valence-corrected chi connectivity index (χ0v) is 10.5. The van der Waals surface area contributed by atoms with Gasteiger partial charge in [-0.05, 0) is 12.5 Å². The van der Waals surface area contributed by atoms with E-state index in [1.807, 2.05) is 36.4 Å². The molecule has 0 bridgehead atoms. The van der Waals surface area contributed by atoms with Crippen LogP contribution in [0.3, 0.4) is 0 Å². The Labute approximate surface area is 106 Å². The molecule has 3 nitrogen and oxygen atoms in total. The van der Waals surface area contributed by atoms with Crippen molar-refractivity contribution in [1.29, 1.82) is 0 Å². The van der Waals surface area contributed by atoms with Crippen LogP contribution in [-0.2, 0) is 9.59 Å². The molecule has 1 aliphatic heterocycles. The molecule has 0 saturated heterocycles. The van der Waals surface area contributed by atoms with E-state index in [9.17, 15) is 9.59 Å². The molecule has 0 spiro atoms. The number of ketones is 1. The first-order valence-corrected chi connectivity index (χ1v) is 5.84. The Balaban J connectivity index is 2.38. The van der Waals surface area contributed by atoms with Gasteiger partial charge in [-0.15, -0.1) is 0 Å². The molecular formula is C15H15NO2. The Hall–Kier alpha value is -2.16. The van der Waals surface area contributed by atoms with Crippen LogP contribution < -0.4 is 0 Å². The van der Waals surface area contributed by atoms with Crippen molar-refractivity contribution in [3.05, 3.63) is 59.9 Å². The quantitative estimate of drug-likeness (QED) is 0.798. The molecule has 3 heteroatoms. The fourth-order valence-corrected chi connectivity index (χ4v) is 2.01. The third-order valence-electron chi connectivity index (χ3n) is 2.98. The largest absolute Gasteiger partial charge is 0.295 e. The van der Waals surface area contributed by atoms with Crippen molar-refractivity contribution in [2.45, 2.75) is 19.8 Å². The number of nitrogens with zero attached hydrogens (tertiary/aromatic N) is 1. The summed E-state index contributed by atoms with van der Waals surface area (Å²) in [5.74, 6) is -0.185. The van der Waals surface area contributed by atoms with Crippen LogP contribution in [0.4, 0.5) is 0 Å². The Bertz CT molecular complexity index is 529. The predicted octanol–water partition coefficient (Wildman–Crippen LogP) is 2.62. The second kappa shape index (κ2) is 5.00. The maximum atomic E-state index is 11.7. The lowest BCUT2D eigenvalue weighted by Gasteiger charge is -2.24. The van der Waals surface area contributed by atoms with E-state index in [1.54, 1.807) is 12.4 Å². The Morgan fingerprint density at radius 2 is 1.78 bits per heavy atom. The Kier molecular flexibility index (Phi) is 3.42. The Morgan fingerprint density at radius 1 is 1.11 bits per heavy atom. The smallest absolute Gasteiger partial charge is 0.227 e. The lowest BCUT2D eigenvalue weighted by atomic mass is 9.88. The molecule has 0 unspecified atom stereocenters. The van der Waals surface area contributed by atoms with Gasteiger partial charge in [-0.2, -0.15) is 0 Å². The fourth-order valence-electron chi connectivity index (χ4n) is 2.01. The molecule has 1 aliphatic rings.